The normalized spacial score (nSPS) is 16.1. The SMILES string of the molecule is Cc1ccc(CC(=O)O)cc1CCN[C@H](c1ccccc1)[C@H]1Cc2ncc(F)cc2NC1=O. The predicted molar refractivity (Wildman–Crippen MR) is 123 cm³/mol. The lowest BCUT2D eigenvalue weighted by molar-refractivity contribution is -0.136. The fourth-order valence-electron chi connectivity index (χ4n) is 4.33. The third-order valence-electron chi connectivity index (χ3n) is 6.03. The van der Waals surface area contributed by atoms with E-state index in [-0.39, 0.29) is 18.4 Å². The van der Waals surface area contributed by atoms with Crippen LogP contribution in [0.15, 0.2) is 60.8 Å². The maximum absolute atomic E-state index is 13.5. The number of carboxylic acid groups (broad SMARTS) is 1. The summed E-state index contributed by atoms with van der Waals surface area (Å²) in [4.78, 5) is 28.2. The summed E-state index contributed by atoms with van der Waals surface area (Å²) in [6, 6.07) is 16.5. The zero-order chi connectivity index (χ0) is 23.4. The van der Waals surface area contributed by atoms with Crippen LogP contribution in [-0.4, -0.2) is 28.5 Å². The highest BCUT2D eigenvalue weighted by atomic mass is 19.1. The van der Waals surface area contributed by atoms with Gasteiger partial charge in [-0.1, -0.05) is 48.5 Å². The minimum atomic E-state index is -0.857. The van der Waals surface area contributed by atoms with E-state index in [4.69, 9.17) is 5.11 Å². The molecular formula is C26H26FN3O3. The summed E-state index contributed by atoms with van der Waals surface area (Å²) in [6.45, 7) is 2.61. The molecular weight excluding hydrogens is 421 g/mol. The van der Waals surface area contributed by atoms with Crippen LogP contribution in [0, 0.1) is 18.7 Å². The number of aliphatic carboxylic acids is 1. The first-order valence-corrected chi connectivity index (χ1v) is 10.9. The summed E-state index contributed by atoms with van der Waals surface area (Å²) in [5.41, 5.74) is 5.01. The Morgan fingerprint density at radius 3 is 2.79 bits per heavy atom. The number of halogens is 1. The van der Waals surface area contributed by atoms with E-state index in [2.05, 4.69) is 15.6 Å². The van der Waals surface area contributed by atoms with E-state index >= 15 is 0 Å². The number of nitrogens with one attached hydrogen (secondary N) is 2. The van der Waals surface area contributed by atoms with Crippen molar-refractivity contribution in [2.45, 2.75) is 32.2 Å². The number of nitrogens with zero attached hydrogens (tertiary/aromatic N) is 1. The zero-order valence-corrected chi connectivity index (χ0v) is 18.3. The second kappa shape index (κ2) is 9.92. The van der Waals surface area contributed by atoms with Crippen molar-refractivity contribution in [2.24, 2.45) is 5.92 Å². The molecule has 1 aliphatic heterocycles. The lowest BCUT2D eigenvalue weighted by Crippen LogP contribution is -2.41. The molecule has 1 aromatic heterocycles. The van der Waals surface area contributed by atoms with Crippen LogP contribution in [-0.2, 0) is 28.9 Å². The van der Waals surface area contributed by atoms with Crippen LogP contribution in [0.4, 0.5) is 10.1 Å². The Labute approximate surface area is 191 Å². The number of hydrogen-bond donors (Lipinski definition) is 3. The van der Waals surface area contributed by atoms with E-state index in [9.17, 15) is 14.0 Å². The van der Waals surface area contributed by atoms with Crippen molar-refractivity contribution in [1.29, 1.82) is 0 Å². The van der Waals surface area contributed by atoms with E-state index in [0.717, 1.165) is 22.3 Å². The van der Waals surface area contributed by atoms with Crippen LogP contribution in [0.1, 0.15) is 34.0 Å². The van der Waals surface area contributed by atoms with Gasteiger partial charge in [-0.25, -0.2) is 4.39 Å². The monoisotopic (exact) mass is 447 g/mol. The van der Waals surface area contributed by atoms with Crippen LogP contribution in [0.3, 0.4) is 0 Å². The van der Waals surface area contributed by atoms with Crippen LogP contribution in [0.5, 0.6) is 0 Å². The molecule has 2 aromatic carbocycles. The average Bonchev–Trinajstić information content (AvgIpc) is 2.79. The van der Waals surface area contributed by atoms with E-state index in [0.29, 0.717) is 30.8 Å². The number of hydrogen-bond acceptors (Lipinski definition) is 4. The molecule has 33 heavy (non-hydrogen) atoms. The second-order valence-corrected chi connectivity index (χ2v) is 8.37. The van der Waals surface area contributed by atoms with Gasteiger partial charge in [0.15, 0.2) is 0 Å². The number of aryl methyl sites for hydroxylation is 1. The Hall–Kier alpha value is -3.58. The van der Waals surface area contributed by atoms with Crippen LogP contribution in [0.2, 0.25) is 0 Å². The number of carbonyl (C=O) groups is 2. The zero-order valence-electron chi connectivity index (χ0n) is 18.3. The van der Waals surface area contributed by atoms with Gasteiger partial charge < -0.3 is 15.7 Å². The van der Waals surface area contributed by atoms with Crippen LogP contribution in [0.25, 0.3) is 0 Å². The van der Waals surface area contributed by atoms with Gasteiger partial charge in [-0.3, -0.25) is 14.6 Å². The number of carbonyl (C=O) groups excluding carboxylic acids is 1. The Morgan fingerprint density at radius 2 is 2.03 bits per heavy atom. The van der Waals surface area contributed by atoms with Crippen molar-refractivity contribution >= 4 is 17.6 Å². The molecule has 7 heteroatoms. The summed E-state index contributed by atoms with van der Waals surface area (Å²) < 4.78 is 13.5. The molecule has 0 aliphatic carbocycles. The van der Waals surface area contributed by atoms with Gasteiger partial charge in [0.05, 0.1) is 29.9 Å². The molecule has 170 valence electrons. The molecule has 1 aliphatic rings. The smallest absolute Gasteiger partial charge is 0.307 e. The Morgan fingerprint density at radius 1 is 1.24 bits per heavy atom. The third kappa shape index (κ3) is 5.43. The van der Waals surface area contributed by atoms with E-state index < -0.39 is 17.7 Å². The minimum Gasteiger partial charge on any atom is -0.481 e. The number of aromatic nitrogens is 1. The van der Waals surface area contributed by atoms with E-state index in [1.807, 2.05) is 55.5 Å². The molecule has 0 unspecified atom stereocenters. The first-order valence-electron chi connectivity index (χ1n) is 10.9. The topological polar surface area (TPSA) is 91.3 Å². The van der Waals surface area contributed by atoms with Gasteiger partial charge in [-0.15, -0.1) is 0 Å². The molecule has 0 spiro atoms. The standard InChI is InChI=1S/C26H26FN3O3/c1-16-7-8-17(12-24(31)32)11-19(16)9-10-28-25(18-5-3-2-4-6-18)21-14-22-23(30-26(21)33)13-20(27)15-29-22/h2-8,11,13,15,21,25,28H,9-10,12,14H2,1H3,(H,30,33)(H,31,32)/t21-,25-/m1/s1. The molecule has 6 nitrogen and oxygen atoms in total. The van der Waals surface area contributed by atoms with Gasteiger partial charge in [0.2, 0.25) is 5.91 Å². The van der Waals surface area contributed by atoms with Gasteiger partial charge >= 0.3 is 5.97 Å². The number of rotatable bonds is 8. The fraction of sp³-hybridized carbons (Fsp3) is 0.269. The Kier molecular flexibility index (Phi) is 6.79. The molecule has 2 atom stereocenters. The highest BCUT2D eigenvalue weighted by Gasteiger charge is 2.34. The first kappa shape index (κ1) is 22.6. The molecule has 1 amide bonds. The summed E-state index contributed by atoms with van der Waals surface area (Å²) in [6.07, 6.45) is 2.26. The van der Waals surface area contributed by atoms with Crippen molar-refractivity contribution in [3.63, 3.8) is 0 Å². The minimum absolute atomic E-state index is 0.0113. The first-order chi connectivity index (χ1) is 15.9. The summed E-state index contributed by atoms with van der Waals surface area (Å²) in [7, 11) is 0. The van der Waals surface area contributed by atoms with E-state index in [1.54, 1.807) is 0 Å². The lowest BCUT2D eigenvalue weighted by Gasteiger charge is -2.31. The highest BCUT2D eigenvalue weighted by molar-refractivity contribution is 5.95. The Balaban J connectivity index is 1.53. The van der Waals surface area contributed by atoms with Crippen molar-refractivity contribution in [3.05, 3.63) is 94.6 Å². The molecule has 3 N–H and O–H groups in total. The van der Waals surface area contributed by atoms with Crippen molar-refractivity contribution in [3.8, 4) is 0 Å². The number of fused-ring (bicyclic) bond motifs is 1. The molecule has 2 heterocycles. The number of pyridine rings is 1. The average molecular weight is 448 g/mol. The number of carboxylic acids is 1. The summed E-state index contributed by atoms with van der Waals surface area (Å²) >= 11 is 0. The predicted octanol–water partition coefficient (Wildman–Crippen LogP) is 3.84. The van der Waals surface area contributed by atoms with Crippen molar-refractivity contribution in [2.75, 3.05) is 11.9 Å². The number of amides is 1. The maximum atomic E-state index is 13.5. The number of benzene rings is 2. The quantitative estimate of drug-likeness (QED) is 0.488. The third-order valence-corrected chi connectivity index (χ3v) is 6.03. The summed E-state index contributed by atoms with van der Waals surface area (Å²) in [5.74, 6) is -1.91. The molecule has 4 rings (SSSR count). The molecule has 0 bridgehead atoms. The molecule has 0 fully saturated rings. The van der Waals surface area contributed by atoms with Gasteiger partial charge in [-0.05, 0) is 42.1 Å². The summed E-state index contributed by atoms with van der Waals surface area (Å²) in [5, 5.41) is 15.4. The molecule has 0 radical (unpaired) electrons. The maximum Gasteiger partial charge on any atom is 0.307 e. The second-order valence-electron chi connectivity index (χ2n) is 8.37. The van der Waals surface area contributed by atoms with Gasteiger partial charge in [0.1, 0.15) is 5.82 Å². The fourth-order valence-corrected chi connectivity index (χ4v) is 4.33. The molecule has 0 saturated carbocycles. The lowest BCUT2D eigenvalue weighted by atomic mass is 9.85. The van der Waals surface area contributed by atoms with E-state index in [1.165, 1.54) is 12.3 Å². The van der Waals surface area contributed by atoms with Crippen LogP contribution >= 0.6 is 0 Å². The Bertz CT molecular complexity index is 1170. The van der Waals surface area contributed by atoms with Crippen molar-refractivity contribution < 1.29 is 19.1 Å². The van der Waals surface area contributed by atoms with Crippen molar-refractivity contribution in [1.82, 2.24) is 10.3 Å². The number of anilines is 1. The van der Waals surface area contributed by atoms with Gasteiger partial charge in [-0.2, -0.15) is 0 Å². The molecule has 0 saturated heterocycles. The molecule has 3 aromatic rings. The van der Waals surface area contributed by atoms with Crippen LogP contribution < -0.4 is 10.6 Å². The van der Waals surface area contributed by atoms with Gasteiger partial charge in [0, 0.05) is 18.5 Å². The largest absolute Gasteiger partial charge is 0.481 e. The highest BCUT2D eigenvalue weighted by Crippen LogP contribution is 2.32. The van der Waals surface area contributed by atoms with Gasteiger partial charge in [0.25, 0.3) is 0 Å².